The number of hydrogen-bond acceptors (Lipinski definition) is 6. The summed E-state index contributed by atoms with van der Waals surface area (Å²) in [7, 11) is -2.37. The Bertz CT molecular complexity index is 1330. The van der Waals surface area contributed by atoms with E-state index in [1.54, 1.807) is 20.2 Å². The Morgan fingerprint density at radius 3 is 2.57 bits per heavy atom. The lowest BCUT2D eigenvalue weighted by molar-refractivity contribution is -0.123. The number of methoxy groups -OCH3 is 1. The molecule has 0 fully saturated rings. The maximum absolute atomic E-state index is 13.9. The second kappa shape index (κ2) is 20.6. The van der Waals surface area contributed by atoms with Crippen LogP contribution in [-0.4, -0.2) is 45.0 Å². The molecule has 0 saturated heterocycles. The Morgan fingerprint density at radius 1 is 1.23 bits per heavy atom. The molecule has 0 spiro atoms. The van der Waals surface area contributed by atoms with E-state index < -0.39 is 26.8 Å². The van der Waals surface area contributed by atoms with Crippen LogP contribution < -0.4 is 20.5 Å². The number of carbonyl (C=O) groups is 1. The molecular weight excluding hydrogens is 579 g/mol. The van der Waals surface area contributed by atoms with Gasteiger partial charge in [0.2, 0.25) is 15.9 Å². The maximum atomic E-state index is 13.9. The van der Waals surface area contributed by atoms with Gasteiger partial charge in [0.25, 0.3) is 0 Å². The van der Waals surface area contributed by atoms with Gasteiger partial charge in [-0.05, 0) is 86.1 Å². The summed E-state index contributed by atoms with van der Waals surface area (Å²) in [4.78, 5) is 16.9. The van der Waals surface area contributed by atoms with Crippen molar-refractivity contribution in [1.82, 2.24) is 15.0 Å². The predicted molar refractivity (Wildman–Crippen MR) is 179 cm³/mol. The molecular formula is C34H51FN4O4S. The molecule has 244 valence electrons. The molecule has 0 bridgehead atoms. The molecule has 1 aliphatic carbocycles. The first-order valence-electron chi connectivity index (χ1n) is 15.5. The zero-order chi connectivity index (χ0) is 33.1. The monoisotopic (exact) mass is 630 g/mol. The van der Waals surface area contributed by atoms with E-state index in [-0.39, 0.29) is 24.4 Å². The third-order valence-electron chi connectivity index (χ3n) is 7.06. The minimum atomic E-state index is -4.02. The van der Waals surface area contributed by atoms with E-state index in [0.717, 1.165) is 36.7 Å². The average molecular weight is 631 g/mol. The average Bonchev–Trinajstić information content (AvgIpc) is 3.05. The third kappa shape index (κ3) is 11.6. The zero-order valence-corrected chi connectivity index (χ0v) is 27.9. The number of rotatable bonds is 14. The van der Waals surface area contributed by atoms with Gasteiger partial charge in [0.15, 0.2) is 0 Å². The first-order valence-corrected chi connectivity index (χ1v) is 16.9. The molecule has 4 N–H and O–H groups in total. The number of sulfonamides is 1. The van der Waals surface area contributed by atoms with Crippen LogP contribution in [0.5, 0.6) is 5.75 Å². The number of allylic oxidation sites excluding steroid dienone is 4. The Balaban J connectivity index is 0.00000232. The molecule has 44 heavy (non-hydrogen) atoms. The van der Waals surface area contributed by atoms with Crippen molar-refractivity contribution >= 4 is 15.9 Å². The largest absolute Gasteiger partial charge is 0.497 e. The number of halogens is 1. The van der Waals surface area contributed by atoms with E-state index in [1.807, 2.05) is 52.1 Å². The van der Waals surface area contributed by atoms with Crippen LogP contribution in [0.25, 0.3) is 0 Å². The van der Waals surface area contributed by atoms with Crippen molar-refractivity contribution in [2.45, 2.75) is 91.1 Å². The first-order chi connectivity index (χ1) is 21.2. The quantitative estimate of drug-likeness (QED) is 0.167. The van der Waals surface area contributed by atoms with Crippen molar-refractivity contribution in [2.75, 3.05) is 13.7 Å². The minimum absolute atomic E-state index is 0.0554. The van der Waals surface area contributed by atoms with Gasteiger partial charge < -0.3 is 15.8 Å². The fourth-order valence-electron chi connectivity index (χ4n) is 4.96. The van der Waals surface area contributed by atoms with E-state index in [1.165, 1.54) is 23.3 Å². The number of nitrogens with one attached hydrogen (secondary N) is 2. The molecule has 0 radical (unpaired) electrons. The molecule has 1 heterocycles. The van der Waals surface area contributed by atoms with Gasteiger partial charge in [0.1, 0.15) is 16.5 Å². The minimum Gasteiger partial charge on any atom is -0.497 e. The van der Waals surface area contributed by atoms with Gasteiger partial charge in [-0.3, -0.25) is 9.78 Å². The van der Waals surface area contributed by atoms with E-state index >= 15 is 0 Å². The van der Waals surface area contributed by atoms with Crippen LogP contribution in [0.1, 0.15) is 82.9 Å². The van der Waals surface area contributed by atoms with Gasteiger partial charge in [-0.25, -0.2) is 17.5 Å². The fraction of sp³-hybridized carbons (Fsp3) is 0.471. The summed E-state index contributed by atoms with van der Waals surface area (Å²) >= 11 is 0. The molecule has 1 aromatic heterocycles. The van der Waals surface area contributed by atoms with Gasteiger partial charge in [-0.15, -0.1) is 0 Å². The van der Waals surface area contributed by atoms with Gasteiger partial charge >= 0.3 is 0 Å². The van der Waals surface area contributed by atoms with Crippen molar-refractivity contribution < 1.29 is 22.3 Å². The van der Waals surface area contributed by atoms with Gasteiger partial charge in [0, 0.05) is 30.9 Å². The number of pyridine rings is 1. The molecule has 1 aliphatic rings. The van der Waals surface area contributed by atoms with Gasteiger partial charge in [-0.2, -0.15) is 0 Å². The number of unbranched alkanes of at least 4 members (excludes halogenated alkanes) is 1. The molecule has 0 aliphatic heterocycles. The molecule has 10 heteroatoms. The summed E-state index contributed by atoms with van der Waals surface area (Å²) in [5.41, 5.74) is 9.71. The normalized spacial score (nSPS) is 17.1. The van der Waals surface area contributed by atoms with Crippen molar-refractivity contribution in [3.63, 3.8) is 0 Å². The lowest BCUT2D eigenvalue weighted by atomic mass is 9.76. The first kappa shape index (κ1) is 38.7. The van der Waals surface area contributed by atoms with E-state index in [9.17, 15) is 17.6 Å². The molecule has 3 atom stereocenters. The number of fused-ring (bicyclic) bond motifs is 1. The van der Waals surface area contributed by atoms with Crippen LogP contribution in [0.2, 0.25) is 0 Å². The molecule has 2 aromatic rings. The standard InChI is InChI=1S/C30H39FN4O4S.2C2H6/c1-4-9-29(26(31)5-2)40(37,38)34-17-7-6-11-27(32)30(36)35-28-15-12-22-19-23(39-3)13-14-24(22)25(28)18-21-10-8-16-33-20-21;2*1-2/h4-5,8-10,13-14,16,19-20,25,27-28,34H,2,6-7,11-12,15,17-18,32H2,1,3H3,(H,35,36);2*1-2H3/b9-4-,29-26-;;. The van der Waals surface area contributed by atoms with Crippen LogP contribution in [-0.2, 0) is 27.7 Å². The number of benzene rings is 1. The number of amides is 1. The second-order valence-electron chi connectivity index (χ2n) is 9.81. The molecule has 0 saturated carbocycles. The summed E-state index contributed by atoms with van der Waals surface area (Å²) in [6.07, 6.45) is 10.7. The highest BCUT2D eigenvalue weighted by Gasteiger charge is 2.32. The third-order valence-corrected chi connectivity index (χ3v) is 8.55. The van der Waals surface area contributed by atoms with E-state index in [2.05, 4.69) is 33.7 Å². The van der Waals surface area contributed by atoms with Crippen LogP contribution in [0.15, 0.2) is 78.3 Å². The molecule has 3 rings (SSSR count). The smallest absolute Gasteiger partial charge is 0.243 e. The fourth-order valence-corrected chi connectivity index (χ4v) is 6.18. The summed E-state index contributed by atoms with van der Waals surface area (Å²) in [5, 5.41) is 3.18. The van der Waals surface area contributed by atoms with E-state index in [0.29, 0.717) is 19.3 Å². The van der Waals surface area contributed by atoms with Crippen molar-refractivity contribution in [2.24, 2.45) is 5.73 Å². The highest BCUT2D eigenvalue weighted by atomic mass is 32.2. The highest BCUT2D eigenvalue weighted by Crippen LogP contribution is 2.36. The number of nitrogens with two attached hydrogens (primary N) is 1. The zero-order valence-electron chi connectivity index (χ0n) is 27.1. The highest BCUT2D eigenvalue weighted by molar-refractivity contribution is 7.93. The van der Waals surface area contributed by atoms with Crippen LogP contribution in [0.4, 0.5) is 4.39 Å². The van der Waals surface area contributed by atoms with Crippen molar-refractivity contribution in [3.8, 4) is 5.75 Å². The number of nitrogens with zero attached hydrogens (tertiary/aromatic N) is 1. The summed E-state index contributed by atoms with van der Waals surface area (Å²) in [6.45, 7) is 13.0. The van der Waals surface area contributed by atoms with E-state index in [4.69, 9.17) is 10.5 Å². The Morgan fingerprint density at radius 2 is 1.95 bits per heavy atom. The Labute approximate surface area is 264 Å². The lowest BCUT2D eigenvalue weighted by Gasteiger charge is -2.35. The van der Waals surface area contributed by atoms with Gasteiger partial charge in [0.05, 0.1) is 13.2 Å². The topological polar surface area (TPSA) is 123 Å². The molecule has 1 aromatic carbocycles. The number of aryl methyl sites for hydroxylation is 1. The Hall–Kier alpha value is -3.34. The number of ether oxygens (including phenoxy) is 1. The summed E-state index contributed by atoms with van der Waals surface area (Å²) in [5.74, 6) is -0.286. The number of carbonyl (C=O) groups excluding carboxylic acids is 1. The SMILES string of the molecule is C=C/C(F)=C(\C=C/C)S(=O)(=O)NCCCCC(N)C(=O)NC1CCc2cc(OC)ccc2C1Cc1cccnc1.CC.CC. The van der Waals surface area contributed by atoms with Gasteiger partial charge in [-0.1, -0.05) is 58.9 Å². The second-order valence-corrected chi connectivity index (χ2v) is 11.5. The van der Waals surface area contributed by atoms with Crippen LogP contribution in [0.3, 0.4) is 0 Å². The van der Waals surface area contributed by atoms with Crippen LogP contribution in [0, 0.1) is 0 Å². The summed E-state index contributed by atoms with van der Waals surface area (Å²) < 4.78 is 46.6. The molecule has 1 amide bonds. The maximum Gasteiger partial charge on any atom is 0.243 e. The molecule has 8 nitrogen and oxygen atoms in total. The van der Waals surface area contributed by atoms with Crippen molar-refractivity contribution in [3.05, 3.63) is 95.0 Å². The van der Waals surface area contributed by atoms with Crippen LogP contribution >= 0.6 is 0 Å². The Kier molecular flexibility index (Phi) is 18.1. The molecule has 3 unspecified atom stereocenters. The summed E-state index contributed by atoms with van der Waals surface area (Å²) in [6, 6.07) is 9.20. The van der Waals surface area contributed by atoms with Crippen molar-refractivity contribution in [1.29, 1.82) is 0 Å². The number of aromatic nitrogens is 1. The predicted octanol–water partition coefficient (Wildman–Crippen LogP) is 6.26. The lowest BCUT2D eigenvalue weighted by Crippen LogP contribution is -2.49. The number of hydrogen-bond donors (Lipinski definition) is 3.